The molecule has 0 spiro atoms. The van der Waals surface area contributed by atoms with Crippen molar-refractivity contribution in [2.45, 2.75) is 46.5 Å². The maximum atomic E-state index is 6.36. The van der Waals surface area contributed by atoms with Crippen LogP contribution in [-0.4, -0.2) is 8.32 Å². The van der Waals surface area contributed by atoms with Crippen LogP contribution < -0.4 is 0 Å². The molecule has 1 aromatic rings. The second-order valence-electron chi connectivity index (χ2n) is 6.53. The van der Waals surface area contributed by atoms with Crippen LogP contribution in [0.2, 0.25) is 19.6 Å². The van der Waals surface area contributed by atoms with E-state index < -0.39 is 8.32 Å². The summed E-state index contributed by atoms with van der Waals surface area (Å²) in [6.45, 7) is 13.4. The first-order valence-electron chi connectivity index (χ1n) is 6.03. The van der Waals surface area contributed by atoms with Gasteiger partial charge in [0.1, 0.15) is 0 Å². The van der Waals surface area contributed by atoms with E-state index in [1.807, 2.05) is 0 Å². The van der Waals surface area contributed by atoms with E-state index in [2.05, 4.69) is 80.6 Å². The normalized spacial score (nSPS) is 14.8. The second kappa shape index (κ2) is 5.25. The predicted molar refractivity (Wildman–Crippen MR) is 80.8 cm³/mol. The van der Waals surface area contributed by atoms with Crippen molar-refractivity contribution in [3.8, 4) is 0 Å². The lowest BCUT2D eigenvalue weighted by Gasteiger charge is -2.36. The van der Waals surface area contributed by atoms with Crippen LogP contribution in [0, 0.1) is 5.41 Å². The number of halogens is 1. The molecule has 0 aliphatic heterocycles. The summed E-state index contributed by atoms with van der Waals surface area (Å²) in [4.78, 5) is 0. The molecule has 1 aromatic carbocycles. The van der Waals surface area contributed by atoms with Crippen LogP contribution >= 0.6 is 15.9 Å². The van der Waals surface area contributed by atoms with Crippen molar-refractivity contribution >= 4 is 24.2 Å². The van der Waals surface area contributed by atoms with Crippen LogP contribution in [0.4, 0.5) is 0 Å². The van der Waals surface area contributed by atoms with Gasteiger partial charge in [0.25, 0.3) is 0 Å². The van der Waals surface area contributed by atoms with Crippen molar-refractivity contribution in [2.24, 2.45) is 5.41 Å². The van der Waals surface area contributed by atoms with E-state index in [-0.39, 0.29) is 11.5 Å². The first kappa shape index (κ1) is 14.9. The van der Waals surface area contributed by atoms with Crippen molar-refractivity contribution in [3.63, 3.8) is 0 Å². The fourth-order valence-electron chi connectivity index (χ4n) is 1.77. The maximum absolute atomic E-state index is 6.36. The highest BCUT2D eigenvalue weighted by molar-refractivity contribution is 9.10. The zero-order chi connectivity index (χ0) is 13.3. The Bertz CT molecular complexity index is 377. The van der Waals surface area contributed by atoms with Gasteiger partial charge < -0.3 is 4.43 Å². The topological polar surface area (TPSA) is 9.23 Å². The third-order valence-corrected chi connectivity index (χ3v) is 3.85. The molecule has 0 aliphatic carbocycles. The molecular weight excluding hydrogens is 292 g/mol. The molecule has 0 fully saturated rings. The molecule has 1 nitrogen and oxygen atoms in total. The lowest BCUT2D eigenvalue weighted by atomic mass is 9.85. The fourth-order valence-corrected chi connectivity index (χ4v) is 3.38. The first-order valence-corrected chi connectivity index (χ1v) is 10.2. The summed E-state index contributed by atoms with van der Waals surface area (Å²) >= 11 is 3.53. The average Bonchev–Trinajstić information content (AvgIpc) is 2.11. The molecule has 1 rings (SSSR count). The molecule has 0 N–H and O–H groups in total. The molecule has 0 radical (unpaired) electrons. The Morgan fingerprint density at radius 1 is 1.18 bits per heavy atom. The maximum Gasteiger partial charge on any atom is 0.184 e. The van der Waals surface area contributed by atoms with E-state index in [9.17, 15) is 0 Å². The van der Waals surface area contributed by atoms with Crippen LogP contribution in [0.5, 0.6) is 0 Å². The monoisotopic (exact) mass is 314 g/mol. The minimum absolute atomic E-state index is 0.112. The number of hydrogen-bond donors (Lipinski definition) is 0. The Kier molecular flexibility index (Phi) is 4.61. The van der Waals surface area contributed by atoms with E-state index in [1.165, 1.54) is 5.56 Å². The van der Waals surface area contributed by atoms with E-state index in [1.54, 1.807) is 0 Å². The van der Waals surface area contributed by atoms with Gasteiger partial charge in [-0.25, -0.2) is 0 Å². The minimum Gasteiger partial charge on any atom is -0.410 e. The molecule has 0 amide bonds. The molecule has 1 unspecified atom stereocenters. The van der Waals surface area contributed by atoms with Gasteiger partial charge in [-0.3, -0.25) is 0 Å². The molecule has 0 saturated heterocycles. The fraction of sp³-hybridized carbons (Fsp3) is 0.571. The Morgan fingerprint density at radius 3 is 2.18 bits per heavy atom. The predicted octanol–water partition coefficient (Wildman–Crippen LogP) is 5.39. The molecule has 0 heterocycles. The number of rotatable bonds is 3. The summed E-state index contributed by atoms with van der Waals surface area (Å²) in [5, 5.41) is 0. The second-order valence-corrected chi connectivity index (χ2v) is 11.9. The molecule has 96 valence electrons. The minimum atomic E-state index is -1.55. The summed E-state index contributed by atoms with van der Waals surface area (Å²) < 4.78 is 7.48. The van der Waals surface area contributed by atoms with Gasteiger partial charge in [-0.2, -0.15) is 0 Å². The summed E-state index contributed by atoms with van der Waals surface area (Å²) in [5.74, 6) is 0. The molecule has 17 heavy (non-hydrogen) atoms. The van der Waals surface area contributed by atoms with Crippen LogP contribution in [0.3, 0.4) is 0 Å². The highest BCUT2D eigenvalue weighted by atomic mass is 79.9. The van der Waals surface area contributed by atoms with E-state index in [0.717, 1.165) is 4.47 Å². The Hall–Kier alpha value is -0.123. The average molecular weight is 315 g/mol. The van der Waals surface area contributed by atoms with Crippen LogP contribution in [-0.2, 0) is 4.43 Å². The Morgan fingerprint density at radius 2 is 1.76 bits per heavy atom. The van der Waals surface area contributed by atoms with Gasteiger partial charge in [0.05, 0.1) is 6.10 Å². The lowest BCUT2D eigenvalue weighted by Crippen LogP contribution is -2.33. The molecule has 1 atom stereocenters. The van der Waals surface area contributed by atoms with Crippen molar-refractivity contribution < 1.29 is 4.43 Å². The lowest BCUT2D eigenvalue weighted by molar-refractivity contribution is 0.0797. The van der Waals surface area contributed by atoms with Crippen molar-refractivity contribution in [2.75, 3.05) is 0 Å². The van der Waals surface area contributed by atoms with Crippen LogP contribution in [0.15, 0.2) is 28.7 Å². The summed E-state index contributed by atoms with van der Waals surface area (Å²) in [6, 6.07) is 8.44. The van der Waals surface area contributed by atoms with Crippen molar-refractivity contribution in [1.82, 2.24) is 0 Å². The van der Waals surface area contributed by atoms with Gasteiger partial charge in [-0.05, 0) is 42.8 Å². The van der Waals surface area contributed by atoms with Crippen molar-refractivity contribution in [1.29, 1.82) is 0 Å². The smallest absolute Gasteiger partial charge is 0.184 e. The third-order valence-electron chi connectivity index (χ3n) is 2.41. The van der Waals surface area contributed by atoms with Crippen molar-refractivity contribution in [3.05, 3.63) is 34.3 Å². The quantitative estimate of drug-likeness (QED) is 0.680. The SMILES string of the molecule is CC(C)(C)C(O[Si](C)(C)C)c1cccc(Br)c1. The highest BCUT2D eigenvalue weighted by Gasteiger charge is 2.31. The van der Waals surface area contributed by atoms with Gasteiger partial charge in [0, 0.05) is 4.47 Å². The molecule has 0 aromatic heterocycles. The summed E-state index contributed by atoms with van der Waals surface area (Å²) in [5.41, 5.74) is 1.37. The number of benzene rings is 1. The van der Waals surface area contributed by atoms with E-state index in [0.29, 0.717) is 0 Å². The van der Waals surface area contributed by atoms with Crippen LogP contribution in [0.25, 0.3) is 0 Å². The molecule has 3 heteroatoms. The largest absolute Gasteiger partial charge is 0.410 e. The zero-order valence-electron chi connectivity index (χ0n) is 11.7. The van der Waals surface area contributed by atoms with Gasteiger partial charge in [-0.1, -0.05) is 48.8 Å². The standard InChI is InChI=1S/C14H23BrOSi/c1-14(2,3)13(16-17(4,5)6)11-8-7-9-12(15)10-11/h7-10,13H,1-6H3. The Labute approximate surface area is 115 Å². The van der Waals surface area contributed by atoms with Gasteiger partial charge in [-0.15, -0.1) is 0 Å². The molecular formula is C14H23BrOSi. The van der Waals surface area contributed by atoms with Crippen LogP contribution in [0.1, 0.15) is 32.4 Å². The Balaban J connectivity index is 3.07. The van der Waals surface area contributed by atoms with Gasteiger partial charge >= 0.3 is 0 Å². The van der Waals surface area contributed by atoms with E-state index in [4.69, 9.17) is 4.43 Å². The number of hydrogen-bond acceptors (Lipinski definition) is 1. The van der Waals surface area contributed by atoms with Gasteiger partial charge in [0.15, 0.2) is 8.32 Å². The third kappa shape index (κ3) is 4.94. The first-order chi connectivity index (χ1) is 7.59. The highest BCUT2D eigenvalue weighted by Crippen LogP contribution is 2.38. The zero-order valence-corrected chi connectivity index (χ0v) is 14.3. The summed E-state index contributed by atoms with van der Waals surface area (Å²) in [7, 11) is -1.55. The molecule has 0 saturated carbocycles. The molecule has 0 aliphatic rings. The summed E-state index contributed by atoms with van der Waals surface area (Å²) in [6.07, 6.45) is 0.159. The molecule has 0 bridgehead atoms. The van der Waals surface area contributed by atoms with Gasteiger partial charge in [0.2, 0.25) is 0 Å². The van der Waals surface area contributed by atoms with E-state index >= 15 is 0 Å².